The number of hydrogen-bond donors (Lipinski definition) is 1. The van der Waals surface area contributed by atoms with Gasteiger partial charge in [0.25, 0.3) is 0 Å². The third-order valence-corrected chi connectivity index (χ3v) is 3.76. The Bertz CT molecular complexity index is 341. The molecule has 0 spiro atoms. The molecule has 1 aromatic carbocycles. The van der Waals surface area contributed by atoms with E-state index in [9.17, 15) is 0 Å². The number of likely N-dealkylation sites (tertiary alicyclic amines) is 1. The van der Waals surface area contributed by atoms with Crippen LogP contribution in [0, 0.1) is 12.8 Å². The molecule has 0 unspecified atom stereocenters. The van der Waals surface area contributed by atoms with Gasteiger partial charge < -0.3 is 10.6 Å². The zero-order valence-corrected chi connectivity index (χ0v) is 10.9. The number of nitrogens with zero attached hydrogens (tertiary/aromatic N) is 1. The molecule has 0 saturated carbocycles. The van der Waals surface area contributed by atoms with E-state index in [1.54, 1.807) is 0 Å². The van der Waals surface area contributed by atoms with Crippen molar-refractivity contribution in [1.82, 2.24) is 4.90 Å². The van der Waals surface area contributed by atoms with E-state index in [0.29, 0.717) is 0 Å². The second kappa shape index (κ2) is 6.18. The van der Waals surface area contributed by atoms with E-state index in [4.69, 9.17) is 5.73 Å². The van der Waals surface area contributed by atoms with Crippen molar-refractivity contribution in [1.29, 1.82) is 0 Å². The molecule has 0 aromatic heterocycles. The molecule has 2 N–H and O–H groups in total. The number of hydrogen-bond acceptors (Lipinski definition) is 2. The lowest BCUT2D eigenvalue weighted by molar-refractivity contribution is 0.188. The van der Waals surface area contributed by atoms with E-state index in [-0.39, 0.29) is 0 Å². The standard InChI is InChI=1S/C15H24N2/c1-13-3-2-4-15(11-13)12-14-5-8-17(9-6-14)10-7-16/h2-4,11,14H,5-10,12,16H2,1H3. The van der Waals surface area contributed by atoms with Crippen LogP contribution in [0.2, 0.25) is 0 Å². The van der Waals surface area contributed by atoms with Crippen LogP contribution in [0.25, 0.3) is 0 Å². The molecule has 0 radical (unpaired) electrons. The molecule has 1 aliphatic rings. The molecule has 0 aliphatic carbocycles. The van der Waals surface area contributed by atoms with Crippen molar-refractivity contribution in [2.24, 2.45) is 11.7 Å². The van der Waals surface area contributed by atoms with Crippen LogP contribution in [-0.4, -0.2) is 31.1 Å². The number of aryl methyl sites for hydroxylation is 1. The fraction of sp³-hybridized carbons (Fsp3) is 0.600. The lowest BCUT2D eigenvalue weighted by Crippen LogP contribution is -2.37. The summed E-state index contributed by atoms with van der Waals surface area (Å²) in [5.41, 5.74) is 8.47. The second-order valence-corrected chi connectivity index (χ2v) is 5.27. The van der Waals surface area contributed by atoms with Gasteiger partial charge in [-0.25, -0.2) is 0 Å². The van der Waals surface area contributed by atoms with Crippen LogP contribution in [-0.2, 0) is 6.42 Å². The maximum absolute atomic E-state index is 5.59. The van der Waals surface area contributed by atoms with Gasteiger partial charge >= 0.3 is 0 Å². The van der Waals surface area contributed by atoms with Crippen LogP contribution in [0.3, 0.4) is 0 Å². The summed E-state index contributed by atoms with van der Waals surface area (Å²) in [7, 11) is 0. The van der Waals surface area contributed by atoms with Crippen molar-refractivity contribution < 1.29 is 0 Å². The van der Waals surface area contributed by atoms with Gasteiger partial charge in [0.15, 0.2) is 0 Å². The fourth-order valence-electron chi connectivity index (χ4n) is 2.77. The van der Waals surface area contributed by atoms with Gasteiger partial charge in [-0.2, -0.15) is 0 Å². The second-order valence-electron chi connectivity index (χ2n) is 5.27. The largest absolute Gasteiger partial charge is 0.329 e. The highest BCUT2D eigenvalue weighted by Gasteiger charge is 2.18. The van der Waals surface area contributed by atoms with Gasteiger partial charge in [0, 0.05) is 13.1 Å². The van der Waals surface area contributed by atoms with E-state index >= 15 is 0 Å². The van der Waals surface area contributed by atoms with Crippen molar-refractivity contribution in [2.75, 3.05) is 26.2 Å². The molecule has 0 atom stereocenters. The quantitative estimate of drug-likeness (QED) is 0.862. The maximum Gasteiger partial charge on any atom is 0.0105 e. The van der Waals surface area contributed by atoms with Crippen molar-refractivity contribution in [3.63, 3.8) is 0 Å². The van der Waals surface area contributed by atoms with Gasteiger partial charge in [0.2, 0.25) is 0 Å². The first kappa shape index (κ1) is 12.6. The molecule has 17 heavy (non-hydrogen) atoms. The Kier molecular flexibility index (Phi) is 4.57. The van der Waals surface area contributed by atoms with Crippen LogP contribution < -0.4 is 5.73 Å². The summed E-state index contributed by atoms with van der Waals surface area (Å²) in [6, 6.07) is 8.94. The van der Waals surface area contributed by atoms with E-state index in [1.165, 1.54) is 43.5 Å². The highest BCUT2D eigenvalue weighted by Crippen LogP contribution is 2.21. The third kappa shape index (κ3) is 3.83. The summed E-state index contributed by atoms with van der Waals surface area (Å²) in [6.07, 6.45) is 3.90. The Morgan fingerprint density at radius 1 is 1.29 bits per heavy atom. The molecular weight excluding hydrogens is 208 g/mol. The Labute approximate surface area is 105 Å². The molecule has 94 valence electrons. The van der Waals surface area contributed by atoms with E-state index in [0.717, 1.165) is 19.0 Å². The summed E-state index contributed by atoms with van der Waals surface area (Å²) >= 11 is 0. The Hall–Kier alpha value is -0.860. The third-order valence-electron chi connectivity index (χ3n) is 3.76. The molecule has 1 aliphatic heterocycles. The minimum atomic E-state index is 0.794. The van der Waals surface area contributed by atoms with E-state index < -0.39 is 0 Å². The minimum Gasteiger partial charge on any atom is -0.329 e. The topological polar surface area (TPSA) is 29.3 Å². The van der Waals surface area contributed by atoms with E-state index in [2.05, 4.69) is 36.1 Å². The molecule has 0 amide bonds. The molecule has 2 heteroatoms. The van der Waals surface area contributed by atoms with Gasteiger partial charge in [-0.15, -0.1) is 0 Å². The summed E-state index contributed by atoms with van der Waals surface area (Å²) in [5, 5.41) is 0. The summed E-state index contributed by atoms with van der Waals surface area (Å²) < 4.78 is 0. The highest BCUT2D eigenvalue weighted by atomic mass is 15.1. The molecule has 1 fully saturated rings. The zero-order valence-electron chi connectivity index (χ0n) is 10.9. The SMILES string of the molecule is Cc1cccc(CC2CCN(CCN)CC2)c1. The Morgan fingerprint density at radius 2 is 2.06 bits per heavy atom. The Balaban J connectivity index is 1.82. The predicted octanol–water partition coefficient (Wildman–Crippen LogP) is 2.21. The van der Waals surface area contributed by atoms with Crippen molar-refractivity contribution in [3.05, 3.63) is 35.4 Å². The average molecular weight is 232 g/mol. The van der Waals surface area contributed by atoms with Crippen molar-refractivity contribution >= 4 is 0 Å². The first-order valence-electron chi connectivity index (χ1n) is 6.76. The molecule has 2 nitrogen and oxygen atoms in total. The van der Waals surface area contributed by atoms with Crippen LogP contribution in [0.4, 0.5) is 0 Å². The molecule has 1 aromatic rings. The molecule has 1 heterocycles. The minimum absolute atomic E-state index is 0.794. The first-order chi connectivity index (χ1) is 8.28. The molecule has 0 bridgehead atoms. The molecule has 2 rings (SSSR count). The summed E-state index contributed by atoms with van der Waals surface area (Å²) in [6.45, 7) is 6.49. The van der Waals surface area contributed by atoms with Gasteiger partial charge in [-0.05, 0) is 50.8 Å². The van der Waals surface area contributed by atoms with E-state index in [1.807, 2.05) is 0 Å². The van der Waals surface area contributed by atoms with Gasteiger partial charge in [-0.1, -0.05) is 29.8 Å². The molecular formula is C15H24N2. The summed E-state index contributed by atoms with van der Waals surface area (Å²) in [5.74, 6) is 0.867. The lowest BCUT2D eigenvalue weighted by Gasteiger charge is -2.31. The number of rotatable bonds is 4. The highest BCUT2D eigenvalue weighted by molar-refractivity contribution is 5.22. The smallest absolute Gasteiger partial charge is 0.0105 e. The number of nitrogens with two attached hydrogens (primary N) is 1. The summed E-state index contributed by atoms with van der Waals surface area (Å²) in [4.78, 5) is 2.49. The van der Waals surface area contributed by atoms with Crippen LogP contribution in [0.5, 0.6) is 0 Å². The van der Waals surface area contributed by atoms with Crippen molar-refractivity contribution in [3.8, 4) is 0 Å². The van der Waals surface area contributed by atoms with Crippen LogP contribution in [0.15, 0.2) is 24.3 Å². The van der Waals surface area contributed by atoms with Crippen LogP contribution in [0.1, 0.15) is 24.0 Å². The number of benzene rings is 1. The average Bonchev–Trinajstić information content (AvgIpc) is 2.32. The maximum atomic E-state index is 5.59. The van der Waals surface area contributed by atoms with Gasteiger partial charge in [0.1, 0.15) is 0 Å². The van der Waals surface area contributed by atoms with Crippen LogP contribution >= 0.6 is 0 Å². The predicted molar refractivity (Wildman–Crippen MR) is 73.1 cm³/mol. The first-order valence-corrected chi connectivity index (χ1v) is 6.76. The normalized spacial score (nSPS) is 18.5. The fourth-order valence-corrected chi connectivity index (χ4v) is 2.77. The van der Waals surface area contributed by atoms with Crippen molar-refractivity contribution in [2.45, 2.75) is 26.2 Å². The lowest BCUT2D eigenvalue weighted by atomic mass is 9.90. The monoisotopic (exact) mass is 232 g/mol. The number of piperidine rings is 1. The van der Waals surface area contributed by atoms with Gasteiger partial charge in [-0.3, -0.25) is 0 Å². The van der Waals surface area contributed by atoms with Gasteiger partial charge in [0.05, 0.1) is 0 Å². The Morgan fingerprint density at radius 3 is 2.71 bits per heavy atom. The zero-order chi connectivity index (χ0) is 12.1. The molecule has 1 saturated heterocycles.